The van der Waals surface area contributed by atoms with E-state index < -0.39 is 18.2 Å². The summed E-state index contributed by atoms with van der Waals surface area (Å²) in [6.45, 7) is 3.49. The molecule has 1 atom stereocenters. The van der Waals surface area contributed by atoms with Crippen molar-refractivity contribution in [1.82, 2.24) is 15.0 Å². The van der Waals surface area contributed by atoms with Crippen molar-refractivity contribution in [1.29, 1.82) is 0 Å². The number of alkyl halides is 2. The molecule has 0 bridgehead atoms. The van der Waals surface area contributed by atoms with Gasteiger partial charge in [0, 0.05) is 6.20 Å². The predicted octanol–water partition coefficient (Wildman–Crippen LogP) is 4.96. The molecule has 10 heteroatoms. The second-order valence-electron chi connectivity index (χ2n) is 4.87. The van der Waals surface area contributed by atoms with Crippen LogP contribution in [-0.2, 0) is 0 Å². The summed E-state index contributed by atoms with van der Waals surface area (Å²) in [7, 11) is 0. The van der Waals surface area contributed by atoms with E-state index in [4.69, 9.17) is 39.5 Å². The number of halogens is 5. The molecule has 2 heterocycles. The molecule has 130 valence electrons. The van der Waals surface area contributed by atoms with Gasteiger partial charge in [-0.3, -0.25) is 0 Å². The van der Waals surface area contributed by atoms with Crippen molar-refractivity contribution in [3.63, 3.8) is 0 Å². The lowest BCUT2D eigenvalue weighted by Gasteiger charge is -2.17. The van der Waals surface area contributed by atoms with Gasteiger partial charge in [-0.25, -0.2) is 23.7 Å². The standard InChI is InChI=1S/C14H13Cl3F2N4O/c1-6(24-14-9(16)3-8(15)5-21-14)4-20-13-10(17)11(12(18)19)22-7(2)23-13/h3,5-6,12H,4H2,1-2H3,(H,20,22,23)/t6-/m0/s1. The number of aryl methyl sites for hydroxylation is 1. The monoisotopic (exact) mass is 396 g/mol. The summed E-state index contributed by atoms with van der Waals surface area (Å²) >= 11 is 17.6. The van der Waals surface area contributed by atoms with Crippen LogP contribution >= 0.6 is 34.8 Å². The SMILES string of the molecule is Cc1nc(NC[C@H](C)Oc2ncc(Cl)cc2Cl)c(Cl)c(C(F)F)n1. The van der Waals surface area contributed by atoms with Gasteiger partial charge in [0.05, 0.1) is 11.6 Å². The molecule has 2 aromatic rings. The van der Waals surface area contributed by atoms with Gasteiger partial charge in [0.1, 0.15) is 33.5 Å². The van der Waals surface area contributed by atoms with E-state index in [1.165, 1.54) is 19.2 Å². The largest absolute Gasteiger partial charge is 0.472 e. The van der Waals surface area contributed by atoms with E-state index in [1.54, 1.807) is 6.92 Å². The Morgan fingerprint density at radius 2 is 1.96 bits per heavy atom. The molecule has 24 heavy (non-hydrogen) atoms. The van der Waals surface area contributed by atoms with Gasteiger partial charge in [0.15, 0.2) is 0 Å². The summed E-state index contributed by atoms with van der Waals surface area (Å²) in [6, 6.07) is 1.51. The minimum absolute atomic E-state index is 0.116. The maximum atomic E-state index is 12.9. The Bertz CT molecular complexity index is 733. The quantitative estimate of drug-likeness (QED) is 0.747. The summed E-state index contributed by atoms with van der Waals surface area (Å²) in [6.07, 6.45) is -1.77. The highest BCUT2D eigenvalue weighted by Crippen LogP contribution is 2.30. The first-order valence-electron chi connectivity index (χ1n) is 6.81. The van der Waals surface area contributed by atoms with Gasteiger partial charge >= 0.3 is 0 Å². The van der Waals surface area contributed by atoms with Crippen molar-refractivity contribution in [3.05, 3.63) is 38.8 Å². The molecule has 1 N–H and O–H groups in total. The summed E-state index contributed by atoms with van der Waals surface area (Å²) < 4.78 is 31.4. The zero-order chi connectivity index (χ0) is 17.9. The Kier molecular flexibility index (Phi) is 6.37. The number of nitrogens with zero attached hydrogens (tertiary/aromatic N) is 3. The molecule has 0 aliphatic carbocycles. The van der Waals surface area contributed by atoms with E-state index in [-0.39, 0.29) is 34.1 Å². The molecule has 0 saturated carbocycles. The molecule has 5 nitrogen and oxygen atoms in total. The van der Waals surface area contributed by atoms with Crippen molar-refractivity contribution in [3.8, 4) is 5.88 Å². The third-order valence-electron chi connectivity index (χ3n) is 2.84. The van der Waals surface area contributed by atoms with Crippen molar-refractivity contribution in [2.75, 3.05) is 11.9 Å². The van der Waals surface area contributed by atoms with Gasteiger partial charge in [0.2, 0.25) is 5.88 Å². The van der Waals surface area contributed by atoms with E-state index in [1.807, 2.05) is 0 Å². The number of ether oxygens (including phenoxy) is 1. The highest BCUT2D eigenvalue weighted by Gasteiger charge is 2.19. The zero-order valence-electron chi connectivity index (χ0n) is 12.7. The van der Waals surface area contributed by atoms with E-state index in [0.717, 1.165) is 0 Å². The molecule has 0 aliphatic rings. The summed E-state index contributed by atoms with van der Waals surface area (Å²) in [5.74, 6) is 0.520. The lowest BCUT2D eigenvalue weighted by molar-refractivity contribution is 0.146. The summed E-state index contributed by atoms with van der Waals surface area (Å²) in [5, 5.41) is 3.30. The Balaban J connectivity index is 2.05. The second-order valence-corrected chi connectivity index (χ2v) is 6.09. The Morgan fingerprint density at radius 1 is 1.25 bits per heavy atom. The zero-order valence-corrected chi connectivity index (χ0v) is 14.9. The Morgan fingerprint density at radius 3 is 2.58 bits per heavy atom. The molecule has 0 aromatic carbocycles. The lowest BCUT2D eigenvalue weighted by atomic mass is 10.3. The van der Waals surface area contributed by atoms with Gasteiger partial charge in [0.25, 0.3) is 6.43 Å². The second kappa shape index (κ2) is 8.09. The lowest BCUT2D eigenvalue weighted by Crippen LogP contribution is -2.24. The highest BCUT2D eigenvalue weighted by atomic mass is 35.5. The van der Waals surface area contributed by atoms with E-state index >= 15 is 0 Å². The van der Waals surface area contributed by atoms with Crippen LogP contribution < -0.4 is 10.1 Å². The first-order chi connectivity index (χ1) is 11.3. The average molecular weight is 398 g/mol. The van der Waals surface area contributed by atoms with Crippen LogP contribution in [0.1, 0.15) is 24.9 Å². The molecule has 0 radical (unpaired) electrons. The normalized spacial score (nSPS) is 12.3. The molecular weight excluding hydrogens is 385 g/mol. The molecule has 0 fully saturated rings. The summed E-state index contributed by atoms with van der Waals surface area (Å²) in [5.41, 5.74) is -0.511. The number of anilines is 1. The van der Waals surface area contributed by atoms with Crippen LogP contribution in [0.2, 0.25) is 15.1 Å². The van der Waals surface area contributed by atoms with Crippen LogP contribution in [0.4, 0.5) is 14.6 Å². The number of aromatic nitrogens is 3. The molecular formula is C14H13Cl3F2N4O. The van der Waals surface area contributed by atoms with Crippen molar-refractivity contribution in [2.45, 2.75) is 26.4 Å². The number of pyridine rings is 1. The molecule has 0 saturated heterocycles. The number of hydrogen-bond donors (Lipinski definition) is 1. The minimum atomic E-state index is -2.79. The fraction of sp³-hybridized carbons (Fsp3) is 0.357. The molecule has 0 amide bonds. The van der Waals surface area contributed by atoms with Crippen LogP contribution in [0, 0.1) is 6.92 Å². The highest BCUT2D eigenvalue weighted by molar-refractivity contribution is 6.35. The fourth-order valence-corrected chi connectivity index (χ4v) is 2.46. The molecule has 2 rings (SSSR count). The van der Waals surface area contributed by atoms with Crippen LogP contribution in [-0.4, -0.2) is 27.6 Å². The molecule has 2 aromatic heterocycles. The number of hydrogen-bond acceptors (Lipinski definition) is 5. The first-order valence-corrected chi connectivity index (χ1v) is 7.95. The average Bonchev–Trinajstić information content (AvgIpc) is 2.50. The van der Waals surface area contributed by atoms with Crippen LogP contribution in [0.25, 0.3) is 0 Å². The maximum Gasteiger partial charge on any atom is 0.282 e. The van der Waals surface area contributed by atoms with E-state index in [2.05, 4.69) is 20.3 Å². The molecule has 0 unspecified atom stereocenters. The molecule has 0 aliphatic heterocycles. The number of rotatable bonds is 6. The third kappa shape index (κ3) is 4.78. The van der Waals surface area contributed by atoms with Gasteiger partial charge in [-0.2, -0.15) is 0 Å². The van der Waals surface area contributed by atoms with Gasteiger partial charge in [-0.1, -0.05) is 34.8 Å². The summed E-state index contributed by atoms with van der Waals surface area (Å²) in [4.78, 5) is 11.6. The first kappa shape index (κ1) is 18.9. The predicted molar refractivity (Wildman–Crippen MR) is 89.6 cm³/mol. The van der Waals surface area contributed by atoms with Crippen LogP contribution in [0.3, 0.4) is 0 Å². The van der Waals surface area contributed by atoms with Crippen LogP contribution in [0.15, 0.2) is 12.3 Å². The van der Waals surface area contributed by atoms with Crippen LogP contribution in [0.5, 0.6) is 5.88 Å². The third-order valence-corrected chi connectivity index (χ3v) is 3.69. The van der Waals surface area contributed by atoms with Crippen molar-refractivity contribution >= 4 is 40.6 Å². The fourth-order valence-electron chi connectivity index (χ4n) is 1.80. The number of nitrogens with one attached hydrogen (secondary N) is 1. The topological polar surface area (TPSA) is 59.9 Å². The Labute approximate surface area is 152 Å². The van der Waals surface area contributed by atoms with E-state index in [0.29, 0.717) is 5.02 Å². The van der Waals surface area contributed by atoms with E-state index in [9.17, 15) is 8.78 Å². The smallest absolute Gasteiger partial charge is 0.282 e. The maximum absolute atomic E-state index is 12.9. The molecule has 0 spiro atoms. The van der Waals surface area contributed by atoms with Crippen molar-refractivity contribution < 1.29 is 13.5 Å². The van der Waals surface area contributed by atoms with Gasteiger partial charge in [-0.05, 0) is 19.9 Å². The van der Waals surface area contributed by atoms with Crippen molar-refractivity contribution in [2.24, 2.45) is 0 Å². The van der Waals surface area contributed by atoms with Gasteiger partial charge in [-0.15, -0.1) is 0 Å². The Hall–Kier alpha value is -1.44. The minimum Gasteiger partial charge on any atom is -0.472 e. The van der Waals surface area contributed by atoms with Gasteiger partial charge < -0.3 is 10.1 Å².